The molecule has 6 rings (SSSR count). The van der Waals surface area contributed by atoms with Gasteiger partial charge in [0.15, 0.2) is 0 Å². The second kappa shape index (κ2) is 9.88. The summed E-state index contributed by atoms with van der Waals surface area (Å²) in [6, 6.07) is 24.3. The van der Waals surface area contributed by atoms with E-state index in [-0.39, 0.29) is 0 Å². The maximum atomic E-state index is 5.53. The van der Waals surface area contributed by atoms with Crippen molar-refractivity contribution in [2.45, 2.75) is 6.92 Å². The number of nitrogens with one attached hydrogen (secondary N) is 2. The summed E-state index contributed by atoms with van der Waals surface area (Å²) in [4.78, 5) is 10.9. The first-order valence-electron chi connectivity index (χ1n) is 13.0. The van der Waals surface area contributed by atoms with Gasteiger partial charge in [0.05, 0.1) is 18.7 Å². The number of piperazine rings is 1. The first-order valence-corrected chi connectivity index (χ1v) is 13.0. The third kappa shape index (κ3) is 4.66. The Labute approximate surface area is 213 Å². The van der Waals surface area contributed by atoms with Crippen molar-refractivity contribution in [2.75, 3.05) is 74.6 Å². The van der Waals surface area contributed by atoms with Gasteiger partial charge in [-0.1, -0.05) is 30.3 Å². The van der Waals surface area contributed by atoms with Crippen LogP contribution in [-0.4, -0.2) is 69.4 Å². The average molecular weight is 482 g/mol. The van der Waals surface area contributed by atoms with Crippen LogP contribution >= 0.6 is 0 Å². The van der Waals surface area contributed by atoms with Crippen LogP contribution in [0, 0.1) is 6.92 Å². The number of ether oxygens (including phenoxy) is 1. The number of benzene rings is 3. The highest BCUT2D eigenvalue weighted by atomic mass is 16.5. The van der Waals surface area contributed by atoms with E-state index in [9.17, 15) is 0 Å². The molecule has 3 heterocycles. The van der Waals surface area contributed by atoms with E-state index >= 15 is 0 Å². The van der Waals surface area contributed by atoms with E-state index in [4.69, 9.17) is 4.74 Å². The van der Waals surface area contributed by atoms with Crippen LogP contribution in [-0.2, 0) is 4.74 Å². The molecular weight excluding hydrogens is 446 g/mol. The van der Waals surface area contributed by atoms with Crippen molar-refractivity contribution in [3.8, 4) is 11.1 Å². The lowest BCUT2D eigenvalue weighted by molar-refractivity contribution is 0.122. The number of hydrogen-bond donors (Lipinski definition) is 2. The van der Waals surface area contributed by atoms with Crippen LogP contribution in [0.25, 0.3) is 22.0 Å². The summed E-state index contributed by atoms with van der Waals surface area (Å²) in [5.41, 5.74) is 8.61. The molecule has 0 atom stereocenters. The molecule has 0 unspecified atom stereocenters. The molecule has 2 aliphatic heterocycles. The largest absolute Gasteiger partial charge is 0.378 e. The number of aromatic nitrogens is 1. The van der Waals surface area contributed by atoms with Crippen LogP contribution in [0.15, 0.2) is 66.7 Å². The lowest BCUT2D eigenvalue weighted by atomic mass is 10.00. The van der Waals surface area contributed by atoms with Crippen LogP contribution in [0.2, 0.25) is 0 Å². The van der Waals surface area contributed by atoms with E-state index in [2.05, 4.69) is 106 Å². The van der Waals surface area contributed by atoms with Crippen molar-refractivity contribution < 1.29 is 4.74 Å². The smallest absolute Gasteiger partial charge is 0.108 e. The molecule has 3 aromatic carbocycles. The third-order valence-electron chi connectivity index (χ3n) is 7.51. The first-order chi connectivity index (χ1) is 17.6. The summed E-state index contributed by atoms with van der Waals surface area (Å²) >= 11 is 0. The third-order valence-corrected chi connectivity index (χ3v) is 7.51. The van der Waals surface area contributed by atoms with E-state index in [0.717, 1.165) is 69.5 Å². The standard InChI is InChI=1S/C30H35N5O/c1-22-19-23(9-10-28(22)35-15-17-36-18-16-35)27-8-3-5-24-20-29(32-30(24)27)31-25-6-4-7-26(21-25)34-13-11-33(2)12-14-34/h3-10,19-21,31-32H,11-18H2,1-2H3. The molecule has 2 aliphatic rings. The lowest BCUT2D eigenvalue weighted by Gasteiger charge is -2.34. The highest BCUT2D eigenvalue weighted by Gasteiger charge is 2.16. The Morgan fingerprint density at radius 2 is 1.61 bits per heavy atom. The monoisotopic (exact) mass is 481 g/mol. The van der Waals surface area contributed by atoms with Crippen molar-refractivity contribution >= 4 is 33.8 Å². The van der Waals surface area contributed by atoms with Crippen molar-refractivity contribution in [3.63, 3.8) is 0 Å². The fraction of sp³-hybridized carbons (Fsp3) is 0.333. The van der Waals surface area contributed by atoms with Gasteiger partial charge in [0, 0.05) is 67.3 Å². The number of aromatic amines is 1. The highest BCUT2D eigenvalue weighted by Crippen LogP contribution is 2.34. The zero-order valence-corrected chi connectivity index (χ0v) is 21.3. The molecule has 2 fully saturated rings. The molecule has 6 nitrogen and oxygen atoms in total. The maximum absolute atomic E-state index is 5.53. The Kier molecular flexibility index (Phi) is 6.30. The summed E-state index contributed by atoms with van der Waals surface area (Å²) in [6.07, 6.45) is 0. The Hall–Kier alpha value is -3.48. The van der Waals surface area contributed by atoms with E-state index in [1.165, 1.54) is 33.5 Å². The molecule has 0 spiro atoms. The second-order valence-electron chi connectivity index (χ2n) is 10.0. The summed E-state index contributed by atoms with van der Waals surface area (Å²) in [7, 11) is 2.19. The second-order valence-corrected chi connectivity index (χ2v) is 10.0. The van der Waals surface area contributed by atoms with Gasteiger partial charge in [-0.05, 0) is 61.5 Å². The van der Waals surface area contributed by atoms with Gasteiger partial charge >= 0.3 is 0 Å². The molecule has 0 amide bonds. The van der Waals surface area contributed by atoms with Crippen molar-refractivity contribution in [2.24, 2.45) is 0 Å². The van der Waals surface area contributed by atoms with Crippen LogP contribution in [0.3, 0.4) is 0 Å². The van der Waals surface area contributed by atoms with Crippen molar-refractivity contribution in [1.82, 2.24) is 9.88 Å². The molecule has 2 N–H and O–H groups in total. The van der Waals surface area contributed by atoms with E-state index < -0.39 is 0 Å². The number of H-pyrrole nitrogens is 1. The number of aryl methyl sites for hydroxylation is 1. The van der Waals surface area contributed by atoms with E-state index in [1.54, 1.807) is 0 Å². The van der Waals surface area contributed by atoms with Gasteiger partial charge in [-0.3, -0.25) is 0 Å². The lowest BCUT2D eigenvalue weighted by Crippen LogP contribution is -2.44. The molecule has 0 radical (unpaired) electrons. The van der Waals surface area contributed by atoms with Gasteiger partial charge in [-0.15, -0.1) is 0 Å². The molecule has 36 heavy (non-hydrogen) atoms. The zero-order valence-electron chi connectivity index (χ0n) is 21.3. The van der Waals surface area contributed by atoms with Crippen LogP contribution in [0.1, 0.15) is 5.56 Å². The van der Waals surface area contributed by atoms with Crippen molar-refractivity contribution in [3.05, 3.63) is 72.3 Å². The molecule has 0 bridgehead atoms. The Balaban J connectivity index is 1.25. The number of hydrogen-bond acceptors (Lipinski definition) is 5. The van der Waals surface area contributed by atoms with Crippen LogP contribution in [0.4, 0.5) is 22.9 Å². The first kappa shape index (κ1) is 23.0. The van der Waals surface area contributed by atoms with Gasteiger partial charge in [-0.2, -0.15) is 0 Å². The number of para-hydroxylation sites is 1. The highest BCUT2D eigenvalue weighted by molar-refractivity contribution is 5.97. The minimum atomic E-state index is 0.803. The summed E-state index contributed by atoms with van der Waals surface area (Å²) in [5.74, 6) is 1.01. The fourth-order valence-corrected chi connectivity index (χ4v) is 5.45. The Morgan fingerprint density at radius 1 is 0.806 bits per heavy atom. The molecule has 4 aromatic rings. The van der Waals surface area contributed by atoms with E-state index in [1.807, 2.05) is 0 Å². The quantitative estimate of drug-likeness (QED) is 0.396. The molecule has 0 aliphatic carbocycles. The number of likely N-dealkylation sites (N-methyl/N-ethyl adjacent to an activating group) is 1. The zero-order chi connectivity index (χ0) is 24.5. The van der Waals surface area contributed by atoms with Gasteiger partial charge in [0.1, 0.15) is 5.82 Å². The normalized spacial score (nSPS) is 17.1. The Morgan fingerprint density at radius 3 is 2.42 bits per heavy atom. The molecule has 186 valence electrons. The van der Waals surface area contributed by atoms with Gasteiger partial charge in [-0.25, -0.2) is 0 Å². The molecular formula is C30H35N5O. The average Bonchev–Trinajstić information content (AvgIpc) is 3.32. The van der Waals surface area contributed by atoms with Crippen LogP contribution in [0.5, 0.6) is 0 Å². The topological polar surface area (TPSA) is 46.8 Å². The predicted molar refractivity (Wildman–Crippen MR) is 151 cm³/mol. The van der Waals surface area contributed by atoms with Gasteiger partial charge in [0.25, 0.3) is 0 Å². The van der Waals surface area contributed by atoms with Crippen LogP contribution < -0.4 is 15.1 Å². The number of anilines is 4. The minimum Gasteiger partial charge on any atom is -0.378 e. The number of nitrogens with zero attached hydrogens (tertiary/aromatic N) is 3. The fourth-order valence-electron chi connectivity index (χ4n) is 5.45. The molecule has 0 saturated carbocycles. The Bertz CT molecular complexity index is 1350. The number of fused-ring (bicyclic) bond motifs is 1. The molecule has 6 heteroatoms. The number of morpholine rings is 1. The summed E-state index contributed by atoms with van der Waals surface area (Å²) in [5, 5.41) is 4.82. The van der Waals surface area contributed by atoms with E-state index in [0.29, 0.717) is 0 Å². The maximum Gasteiger partial charge on any atom is 0.108 e. The van der Waals surface area contributed by atoms with Gasteiger partial charge in [0.2, 0.25) is 0 Å². The molecule has 2 saturated heterocycles. The van der Waals surface area contributed by atoms with Gasteiger partial charge < -0.3 is 29.7 Å². The molecule has 1 aromatic heterocycles. The number of rotatable bonds is 5. The SMILES string of the molecule is Cc1cc(-c2cccc3cc(Nc4cccc(N5CCN(C)CC5)c4)[nH]c23)ccc1N1CCOCC1. The predicted octanol–water partition coefficient (Wildman–Crippen LogP) is 5.48. The minimum absolute atomic E-state index is 0.803. The van der Waals surface area contributed by atoms with Crippen molar-refractivity contribution in [1.29, 1.82) is 0 Å². The summed E-state index contributed by atoms with van der Waals surface area (Å²) in [6.45, 7) is 10.1. The summed E-state index contributed by atoms with van der Waals surface area (Å²) < 4.78 is 5.53.